The smallest absolute Gasteiger partial charge is 0.285 e. The van der Waals surface area contributed by atoms with Crippen molar-refractivity contribution in [3.63, 3.8) is 0 Å². The predicted molar refractivity (Wildman–Crippen MR) is 83.9 cm³/mol. The van der Waals surface area contributed by atoms with Gasteiger partial charge in [-0.2, -0.15) is 5.10 Å². The van der Waals surface area contributed by atoms with Crippen LogP contribution < -0.4 is 10.9 Å². The molecule has 0 aromatic carbocycles. The molecule has 2 heterocycles. The molecule has 0 spiro atoms. The molecule has 22 heavy (non-hydrogen) atoms. The SMILES string of the molecule is CCOC(CNC(=O)Cn1ncc2ccsc2c1=O)OCC. The molecule has 1 N–H and O–H groups in total. The van der Waals surface area contributed by atoms with Crippen molar-refractivity contribution in [1.29, 1.82) is 0 Å². The highest BCUT2D eigenvalue weighted by Crippen LogP contribution is 2.14. The normalized spacial score (nSPS) is 11.2. The van der Waals surface area contributed by atoms with Crippen molar-refractivity contribution in [2.24, 2.45) is 0 Å². The molecule has 0 saturated heterocycles. The first-order chi connectivity index (χ1) is 10.7. The minimum atomic E-state index is -0.483. The minimum Gasteiger partial charge on any atom is -0.351 e. The van der Waals surface area contributed by atoms with Crippen LogP contribution in [0, 0.1) is 0 Å². The molecular weight excluding hydrogens is 306 g/mol. The summed E-state index contributed by atoms with van der Waals surface area (Å²) < 4.78 is 12.4. The van der Waals surface area contributed by atoms with Gasteiger partial charge in [-0.05, 0) is 25.3 Å². The third-order valence-corrected chi connectivity index (χ3v) is 3.84. The largest absolute Gasteiger partial charge is 0.351 e. The molecule has 0 aliphatic carbocycles. The van der Waals surface area contributed by atoms with E-state index >= 15 is 0 Å². The number of aromatic nitrogens is 2. The Morgan fingerprint density at radius 3 is 2.82 bits per heavy atom. The van der Waals surface area contributed by atoms with E-state index in [1.54, 1.807) is 6.20 Å². The zero-order valence-corrected chi connectivity index (χ0v) is 13.4. The minimum absolute atomic E-state index is 0.127. The number of hydrogen-bond donors (Lipinski definition) is 1. The van der Waals surface area contributed by atoms with Gasteiger partial charge in [0.25, 0.3) is 5.56 Å². The molecule has 0 unspecified atom stereocenters. The summed E-state index contributed by atoms with van der Waals surface area (Å²) in [6, 6.07) is 1.83. The molecule has 2 aromatic heterocycles. The van der Waals surface area contributed by atoms with Crippen molar-refractivity contribution < 1.29 is 14.3 Å². The Kier molecular flexibility index (Phi) is 6.05. The van der Waals surface area contributed by atoms with E-state index in [1.165, 1.54) is 11.3 Å². The van der Waals surface area contributed by atoms with Crippen LogP contribution in [0.5, 0.6) is 0 Å². The molecule has 120 valence electrons. The van der Waals surface area contributed by atoms with Crippen molar-refractivity contribution in [2.75, 3.05) is 19.8 Å². The molecule has 0 bridgehead atoms. The molecule has 0 fully saturated rings. The van der Waals surface area contributed by atoms with Crippen molar-refractivity contribution in [3.8, 4) is 0 Å². The lowest BCUT2D eigenvalue weighted by molar-refractivity contribution is -0.140. The molecule has 0 saturated carbocycles. The van der Waals surface area contributed by atoms with Crippen molar-refractivity contribution in [1.82, 2.24) is 15.1 Å². The first kappa shape index (κ1) is 16.6. The quantitative estimate of drug-likeness (QED) is 0.732. The average Bonchev–Trinajstić information content (AvgIpc) is 2.97. The summed E-state index contributed by atoms with van der Waals surface area (Å²) in [5.41, 5.74) is -0.256. The number of fused-ring (bicyclic) bond motifs is 1. The number of carbonyl (C=O) groups is 1. The molecule has 0 radical (unpaired) electrons. The number of nitrogens with zero attached hydrogens (tertiary/aromatic N) is 2. The fraction of sp³-hybridized carbons (Fsp3) is 0.500. The maximum Gasteiger partial charge on any atom is 0.285 e. The van der Waals surface area contributed by atoms with Crippen molar-refractivity contribution in [2.45, 2.75) is 26.7 Å². The van der Waals surface area contributed by atoms with Gasteiger partial charge in [-0.3, -0.25) is 9.59 Å². The van der Waals surface area contributed by atoms with Gasteiger partial charge in [0.2, 0.25) is 5.91 Å². The van der Waals surface area contributed by atoms with Crippen LogP contribution >= 0.6 is 11.3 Å². The van der Waals surface area contributed by atoms with E-state index in [2.05, 4.69) is 10.4 Å². The van der Waals surface area contributed by atoms with E-state index in [4.69, 9.17) is 9.47 Å². The van der Waals surface area contributed by atoms with Crippen molar-refractivity contribution >= 4 is 27.3 Å². The van der Waals surface area contributed by atoms with Crippen LogP contribution in [0.2, 0.25) is 0 Å². The van der Waals surface area contributed by atoms with E-state index in [9.17, 15) is 9.59 Å². The van der Waals surface area contributed by atoms with Crippen LogP contribution in [-0.4, -0.2) is 41.7 Å². The lowest BCUT2D eigenvalue weighted by Crippen LogP contribution is -2.39. The van der Waals surface area contributed by atoms with Crippen LogP contribution in [0.25, 0.3) is 10.1 Å². The summed E-state index contributed by atoms with van der Waals surface area (Å²) in [7, 11) is 0. The fourth-order valence-electron chi connectivity index (χ4n) is 1.94. The van der Waals surface area contributed by atoms with Gasteiger partial charge in [-0.1, -0.05) is 0 Å². The zero-order chi connectivity index (χ0) is 15.9. The Labute approximate surface area is 131 Å². The van der Waals surface area contributed by atoms with E-state index < -0.39 is 6.29 Å². The predicted octanol–water partition coefficient (Wildman–Crippen LogP) is 0.973. The van der Waals surface area contributed by atoms with E-state index in [1.807, 2.05) is 25.3 Å². The maximum absolute atomic E-state index is 12.1. The lowest BCUT2D eigenvalue weighted by Gasteiger charge is -2.17. The molecule has 0 aliphatic rings. The number of nitrogens with one attached hydrogen (secondary N) is 1. The van der Waals surface area contributed by atoms with E-state index in [0.29, 0.717) is 17.9 Å². The number of carbonyl (C=O) groups excluding carboxylic acids is 1. The Morgan fingerprint density at radius 2 is 2.14 bits per heavy atom. The first-order valence-corrected chi connectivity index (χ1v) is 7.96. The second kappa shape index (κ2) is 8.02. The molecule has 1 amide bonds. The summed E-state index contributed by atoms with van der Waals surface area (Å²) in [6.45, 7) is 4.81. The number of thiophene rings is 1. The van der Waals surface area contributed by atoms with Gasteiger partial charge in [0, 0.05) is 18.6 Å². The van der Waals surface area contributed by atoms with E-state index in [-0.39, 0.29) is 24.6 Å². The molecular formula is C14H19N3O4S. The van der Waals surface area contributed by atoms with Crippen LogP contribution in [0.1, 0.15) is 13.8 Å². The Morgan fingerprint density at radius 1 is 1.41 bits per heavy atom. The number of rotatable bonds is 8. The summed E-state index contributed by atoms with van der Waals surface area (Å²) in [5, 5.41) is 9.31. The summed E-state index contributed by atoms with van der Waals surface area (Å²) in [4.78, 5) is 24.1. The Hall–Kier alpha value is -1.77. The monoisotopic (exact) mass is 325 g/mol. The van der Waals surface area contributed by atoms with Gasteiger partial charge in [0.1, 0.15) is 11.2 Å². The van der Waals surface area contributed by atoms with Crippen LogP contribution in [-0.2, 0) is 20.8 Å². The number of ether oxygens (including phenoxy) is 2. The highest BCUT2D eigenvalue weighted by atomic mass is 32.1. The van der Waals surface area contributed by atoms with Gasteiger partial charge >= 0.3 is 0 Å². The van der Waals surface area contributed by atoms with Gasteiger partial charge in [-0.25, -0.2) is 4.68 Å². The van der Waals surface area contributed by atoms with Gasteiger partial charge < -0.3 is 14.8 Å². The second-order valence-electron chi connectivity index (χ2n) is 4.46. The number of hydrogen-bond acceptors (Lipinski definition) is 6. The van der Waals surface area contributed by atoms with Gasteiger partial charge in [0.15, 0.2) is 6.29 Å². The first-order valence-electron chi connectivity index (χ1n) is 7.09. The lowest BCUT2D eigenvalue weighted by atomic mass is 10.4. The second-order valence-corrected chi connectivity index (χ2v) is 5.37. The van der Waals surface area contributed by atoms with Gasteiger partial charge in [-0.15, -0.1) is 11.3 Å². The summed E-state index contributed by atoms with van der Waals surface area (Å²) in [6.07, 6.45) is 1.10. The average molecular weight is 325 g/mol. The van der Waals surface area contributed by atoms with Crippen LogP contribution in [0.4, 0.5) is 0 Å². The maximum atomic E-state index is 12.1. The molecule has 0 atom stereocenters. The molecule has 0 aliphatic heterocycles. The summed E-state index contributed by atoms with van der Waals surface area (Å²) in [5.74, 6) is -0.310. The number of amides is 1. The van der Waals surface area contributed by atoms with Gasteiger partial charge in [0.05, 0.1) is 12.7 Å². The van der Waals surface area contributed by atoms with Crippen molar-refractivity contribution in [3.05, 3.63) is 28.0 Å². The Bertz CT molecular complexity index is 676. The molecule has 8 heteroatoms. The highest BCUT2D eigenvalue weighted by molar-refractivity contribution is 7.17. The standard InChI is InChI=1S/C14H19N3O4S/c1-3-20-12(21-4-2)8-15-11(18)9-17-14(19)13-10(7-16-17)5-6-22-13/h5-7,12H,3-4,8-9H2,1-2H3,(H,15,18). The highest BCUT2D eigenvalue weighted by Gasteiger charge is 2.12. The zero-order valence-electron chi connectivity index (χ0n) is 12.6. The third-order valence-electron chi connectivity index (χ3n) is 2.92. The molecule has 2 rings (SSSR count). The van der Waals surface area contributed by atoms with E-state index in [0.717, 1.165) is 10.1 Å². The van der Waals surface area contributed by atoms with Crippen LogP contribution in [0.15, 0.2) is 22.4 Å². The Balaban J connectivity index is 1.95. The topological polar surface area (TPSA) is 82.5 Å². The third kappa shape index (κ3) is 4.12. The molecule has 7 nitrogen and oxygen atoms in total. The summed E-state index contributed by atoms with van der Waals surface area (Å²) >= 11 is 1.34. The fourth-order valence-corrected chi connectivity index (χ4v) is 2.75. The molecule has 2 aromatic rings. The van der Waals surface area contributed by atoms with Crippen LogP contribution in [0.3, 0.4) is 0 Å².